The Labute approximate surface area is 320 Å². The second kappa shape index (κ2) is 24.6. The highest BCUT2D eigenvalue weighted by Crippen LogP contribution is 2.36. The van der Waals surface area contributed by atoms with E-state index in [0.29, 0.717) is 50.3 Å². The van der Waals surface area contributed by atoms with Gasteiger partial charge in [-0.3, -0.25) is 9.59 Å². The summed E-state index contributed by atoms with van der Waals surface area (Å²) in [7, 11) is 0. The third kappa shape index (κ3) is 15.1. The molecule has 2 heterocycles. The lowest BCUT2D eigenvalue weighted by Crippen LogP contribution is -2.52. The number of benzene rings is 2. The van der Waals surface area contributed by atoms with Crippen LogP contribution < -0.4 is 0 Å². The van der Waals surface area contributed by atoms with Gasteiger partial charge >= 0.3 is 0 Å². The number of carbonyl (C=O) groups is 2. The minimum Gasteiger partial charge on any atom is -0.396 e. The van der Waals surface area contributed by atoms with Crippen LogP contribution in [0.25, 0.3) is 0 Å². The first-order valence-electron chi connectivity index (χ1n) is 18.8. The van der Waals surface area contributed by atoms with Gasteiger partial charge in [-0.2, -0.15) is 0 Å². The molecule has 2 saturated heterocycles. The number of carbonyl (C=O) groups excluding carboxylic acids is 2. The summed E-state index contributed by atoms with van der Waals surface area (Å²) in [6.45, 7) is 16.2. The Balaban J connectivity index is 0.000000280. The highest BCUT2D eigenvalue weighted by molar-refractivity contribution is 8.13. The summed E-state index contributed by atoms with van der Waals surface area (Å²) in [4.78, 5) is 22.7. The van der Waals surface area contributed by atoms with E-state index in [0.717, 1.165) is 24.0 Å². The molecule has 0 aromatic heterocycles. The van der Waals surface area contributed by atoms with Gasteiger partial charge < -0.3 is 33.5 Å². The van der Waals surface area contributed by atoms with Crippen LogP contribution in [0.15, 0.2) is 60.7 Å². The van der Waals surface area contributed by atoms with E-state index in [1.54, 1.807) is 13.8 Å². The number of rotatable bonds is 18. The van der Waals surface area contributed by atoms with E-state index >= 15 is 0 Å². The first-order valence-corrected chi connectivity index (χ1v) is 20.7. The fourth-order valence-corrected chi connectivity index (χ4v) is 7.73. The Morgan fingerprint density at radius 1 is 0.635 bits per heavy atom. The molecule has 2 aromatic rings. The summed E-state index contributed by atoms with van der Waals surface area (Å²) >= 11 is 2.61. The molecule has 1 N–H and O–H groups in total. The van der Waals surface area contributed by atoms with Crippen molar-refractivity contribution in [2.45, 2.75) is 118 Å². The number of unbranched alkanes of at least 4 members (excludes halogenated alkanes) is 1. The first kappa shape index (κ1) is 44.6. The smallest absolute Gasteiger partial charge is 0.185 e. The molecule has 2 fully saturated rings. The van der Waals surface area contributed by atoms with E-state index in [1.807, 2.05) is 48.5 Å². The predicted octanol–water partition coefficient (Wildman–Crippen LogP) is 7.91. The molecule has 11 heteroatoms. The summed E-state index contributed by atoms with van der Waals surface area (Å²) in [5.41, 5.74) is 2.25. The number of hydrogen-bond donors (Lipinski definition) is 1. The number of thioether (sulfide) groups is 2. The van der Waals surface area contributed by atoms with E-state index < -0.39 is 6.29 Å². The zero-order valence-corrected chi connectivity index (χ0v) is 33.8. The molecule has 0 amide bonds. The van der Waals surface area contributed by atoms with Gasteiger partial charge in [0, 0.05) is 38.6 Å². The summed E-state index contributed by atoms with van der Waals surface area (Å²) in [6.07, 6.45) is 1.41. The summed E-state index contributed by atoms with van der Waals surface area (Å²) in [6, 6.07) is 20.2. The molecule has 0 saturated carbocycles. The minimum atomic E-state index is -0.492. The van der Waals surface area contributed by atoms with Gasteiger partial charge in [-0.1, -0.05) is 125 Å². The highest BCUT2D eigenvalue weighted by Gasteiger charge is 2.44. The van der Waals surface area contributed by atoms with Crippen LogP contribution >= 0.6 is 23.5 Å². The number of ether oxygens (including phenoxy) is 6. The summed E-state index contributed by atoms with van der Waals surface area (Å²) in [5.74, 6) is 2.35. The lowest BCUT2D eigenvalue weighted by molar-refractivity contribution is -0.278. The van der Waals surface area contributed by atoms with Crippen molar-refractivity contribution in [2.24, 2.45) is 23.7 Å². The van der Waals surface area contributed by atoms with E-state index in [-0.39, 0.29) is 65.3 Å². The van der Waals surface area contributed by atoms with Gasteiger partial charge in [-0.05, 0) is 47.6 Å². The largest absolute Gasteiger partial charge is 0.396 e. The quantitative estimate of drug-likeness (QED) is 0.150. The molecule has 0 unspecified atom stereocenters. The Morgan fingerprint density at radius 2 is 1.04 bits per heavy atom. The van der Waals surface area contributed by atoms with Crippen LogP contribution in [0, 0.1) is 23.7 Å². The summed E-state index contributed by atoms with van der Waals surface area (Å²) < 4.78 is 36.8. The minimum absolute atomic E-state index is 0.00195. The van der Waals surface area contributed by atoms with Gasteiger partial charge in [0.05, 0.1) is 32.0 Å². The molecule has 2 aliphatic rings. The van der Waals surface area contributed by atoms with Gasteiger partial charge in [0.25, 0.3) is 0 Å². The van der Waals surface area contributed by atoms with E-state index in [9.17, 15) is 9.59 Å². The molecule has 52 heavy (non-hydrogen) atoms. The average molecular weight is 763 g/mol. The maximum atomic E-state index is 11.3. The molecule has 292 valence electrons. The monoisotopic (exact) mass is 762 g/mol. The van der Waals surface area contributed by atoms with Crippen LogP contribution in [0.2, 0.25) is 0 Å². The maximum absolute atomic E-state index is 11.3. The number of aliphatic hydroxyl groups excluding tert-OH is 1. The Morgan fingerprint density at radius 3 is 1.40 bits per heavy atom. The lowest BCUT2D eigenvalue weighted by Gasteiger charge is -2.44. The molecule has 4 rings (SSSR count). The van der Waals surface area contributed by atoms with Crippen LogP contribution in [-0.4, -0.2) is 83.7 Å². The third-order valence-electron chi connectivity index (χ3n) is 9.86. The fraction of sp³-hybridized carbons (Fsp3) is 0.659. The topological polar surface area (TPSA) is 110 Å². The second-order valence-corrected chi connectivity index (χ2v) is 16.2. The fourth-order valence-electron chi connectivity index (χ4n) is 6.17. The van der Waals surface area contributed by atoms with Crippen LogP contribution in [0.1, 0.15) is 78.9 Å². The maximum Gasteiger partial charge on any atom is 0.185 e. The number of hydrogen-bond acceptors (Lipinski definition) is 11. The lowest BCUT2D eigenvalue weighted by atomic mass is 9.84. The van der Waals surface area contributed by atoms with Crippen LogP contribution in [-0.2, 0) is 51.2 Å². The Bertz CT molecular complexity index is 1170. The van der Waals surface area contributed by atoms with Gasteiger partial charge in [-0.25, -0.2) is 0 Å². The van der Waals surface area contributed by atoms with Crippen molar-refractivity contribution >= 4 is 33.8 Å². The SMILES string of the molecule is CC(=O)SC[C@H]1O[C@H](OCCCO)[C@H](OCc2ccccc2)[C@@H](C)[C@@H]1C.CCCCO[C@H]1O[C@H](CSC(C)=O)[C@@H](C)[C@H](C)[C@H]1OCc1ccccc1. The molecular weight excluding hydrogens is 701 g/mol. The normalized spacial score (nSPS) is 28.8. The van der Waals surface area contributed by atoms with E-state index in [1.165, 1.54) is 23.5 Å². The van der Waals surface area contributed by atoms with Gasteiger partial charge in [-0.15, -0.1) is 0 Å². The molecule has 10 atom stereocenters. The van der Waals surface area contributed by atoms with Gasteiger partial charge in [0.2, 0.25) is 0 Å². The van der Waals surface area contributed by atoms with Crippen LogP contribution in [0.5, 0.6) is 0 Å². The van der Waals surface area contributed by atoms with Crippen molar-refractivity contribution in [2.75, 3.05) is 31.3 Å². The van der Waals surface area contributed by atoms with Gasteiger partial charge in [0.15, 0.2) is 22.8 Å². The van der Waals surface area contributed by atoms with Crippen molar-refractivity contribution < 1.29 is 43.1 Å². The second-order valence-electron chi connectivity index (χ2n) is 13.8. The van der Waals surface area contributed by atoms with Crippen molar-refractivity contribution in [1.29, 1.82) is 0 Å². The van der Waals surface area contributed by atoms with Crippen molar-refractivity contribution in [1.82, 2.24) is 0 Å². The highest BCUT2D eigenvalue weighted by atomic mass is 32.2. The molecule has 9 nitrogen and oxygen atoms in total. The predicted molar refractivity (Wildman–Crippen MR) is 209 cm³/mol. The molecule has 0 spiro atoms. The van der Waals surface area contributed by atoms with Crippen LogP contribution in [0.3, 0.4) is 0 Å². The van der Waals surface area contributed by atoms with E-state index in [4.69, 9.17) is 33.5 Å². The zero-order valence-electron chi connectivity index (χ0n) is 32.1. The zero-order chi connectivity index (χ0) is 37.9. The Kier molecular flexibility index (Phi) is 21.1. The molecular formula is C41H62O9S2. The molecule has 2 aliphatic heterocycles. The first-order chi connectivity index (χ1) is 25.0. The van der Waals surface area contributed by atoms with Crippen LogP contribution in [0.4, 0.5) is 0 Å². The standard InChI is InChI=1S/C21H32O4S.C20H30O5S/c1-5-6-12-23-21-20(24-13-18-10-8-7-9-11-18)16(3)15(2)19(25-21)14-26-17(4)22;1-14-15(2)19(24-12-17-8-5-4-6-9-17)20(23-11-7-10-21)25-18(14)13-26-16(3)22/h7-11,15-16,19-21H,5-6,12-14H2,1-4H3;4-6,8-9,14-15,18-21H,7,10-13H2,1-3H3/t15-,16-,19+,20+,21-;14-,15-,18+,19+,20-/m00/s1. The molecule has 0 radical (unpaired) electrons. The molecule has 2 aromatic carbocycles. The Hall–Kier alpha value is -1.80. The van der Waals surface area contributed by atoms with E-state index in [2.05, 4.69) is 46.8 Å². The van der Waals surface area contributed by atoms with Gasteiger partial charge in [0.1, 0.15) is 12.2 Å². The molecule has 0 aliphatic carbocycles. The third-order valence-corrected chi connectivity index (χ3v) is 11.7. The number of aliphatic hydroxyl groups is 1. The molecule has 0 bridgehead atoms. The van der Waals surface area contributed by atoms with Crippen molar-refractivity contribution in [3.63, 3.8) is 0 Å². The summed E-state index contributed by atoms with van der Waals surface area (Å²) in [5, 5.41) is 9.23. The van der Waals surface area contributed by atoms with Crippen molar-refractivity contribution in [3.05, 3.63) is 71.8 Å². The average Bonchev–Trinajstić information content (AvgIpc) is 3.14. The van der Waals surface area contributed by atoms with Crippen molar-refractivity contribution in [3.8, 4) is 0 Å².